The minimum atomic E-state index is 0.812. The van der Waals surface area contributed by atoms with Gasteiger partial charge < -0.3 is 15.4 Å². The van der Waals surface area contributed by atoms with Crippen LogP contribution in [-0.4, -0.2) is 51.3 Å². The second kappa shape index (κ2) is 6.07. The Morgan fingerprint density at radius 3 is 2.61 bits per heavy atom. The minimum Gasteiger partial charge on any atom is -0.397 e. The van der Waals surface area contributed by atoms with Crippen LogP contribution in [0.4, 0.5) is 11.4 Å². The predicted molar refractivity (Wildman–Crippen MR) is 76.1 cm³/mol. The first-order valence-corrected chi connectivity index (χ1v) is 6.53. The second-order valence-electron chi connectivity index (χ2n) is 4.88. The summed E-state index contributed by atoms with van der Waals surface area (Å²) >= 11 is 0. The molecule has 0 radical (unpaired) electrons. The first-order valence-electron chi connectivity index (χ1n) is 6.53. The summed E-state index contributed by atoms with van der Waals surface area (Å²) in [7, 11) is 1.75. The van der Waals surface area contributed by atoms with Gasteiger partial charge in [-0.05, 0) is 24.6 Å². The van der Waals surface area contributed by atoms with Crippen molar-refractivity contribution in [3.05, 3.63) is 23.8 Å². The highest BCUT2D eigenvalue weighted by molar-refractivity contribution is 5.68. The highest BCUT2D eigenvalue weighted by Crippen LogP contribution is 2.25. The van der Waals surface area contributed by atoms with Crippen LogP contribution in [-0.2, 0) is 4.74 Å². The summed E-state index contributed by atoms with van der Waals surface area (Å²) in [6.07, 6.45) is 0. The molecule has 4 heteroatoms. The van der Waals surface area contributed by atoms with Crippen LogP contribution in [0.3, 0.4) is 0 Å². The molecule has 0 atom stereocenters. The lowest BCUT2D eigenvalue weighted by atomic mass is 10.1. The van der Waals surface area contributed by atoms with Gasteiger partial charge in [-0.25, -0.2) is 0 Å². The van der Waals surface area contributed by atoms with Gasteiger partial charge in [-0.3, -0.25) is 4.90 Å². The van der Waals surface area contributed by atoms with Gasteiger partial charge in [-0.1, -0.05) is 6.07 Å². The Morgan fingerprint density at radius 2 is 1.94 bits per heavy atom. The minimum absolute atomic E-state index is 0.812. The van der Waals surface area contributed by atoms with Gasteiger partial charge in [0.1, 0.15) is 0 Å². The van der Waals surface area contributed by atoms with Crippen LogP contribution in [0.15, 0.2) is 18.2 Å². The standard InChI is InChI=1S/C14H23N3O/c1-12-3-4-13(15)14(11-12)17-7-5-16(6-8-17)9-10-18-2/h3-4,11H,5-10,15H2,1-2H3. The zero-order valence-electron chi connectivity index (χ0n) is 11.4. The van der Waals surface area contributed by atoms with Crippen molar-refractivity contribution in [2.24, 2.45) is 0 Å². The molecule has 100 valence electrons. The first kappa shape index (κ1) is 13.2. The quantitative estimate of drug-likeness (QED) is 0.818. The van der Waals surface area contributed by atoms with Crippen LogP contribution in [0.2, 0.25) is 0 Å². The smallest absolute Gasteiger partial charge is 0.0603 e. The summed E-state index contributed by atoms with van der Waals surface area (Å²) in [5, 5.41) is 0. The molecular weight excluding hydrogens is 226 g/mol. The summed E-state index contributed by atoms with van der Waals surface area (Å²) < 4.78 is 5.12. The monoisotopic (exact) mass is 249 g/mol. The van der Waals surface area contributed by atoms with Crippen molar-refractivity contribution in [3.63, 3.8) is 0 Å². The first-order chi connectivity index (χ1) is 8.70. The Hall–Kier alpha value is -1.26. The molecule has 2 N–H and O–H groups in total. The molecule has 0 bridgehead atoms. The molecule has 1 fully saturated rings. The molecule has 1 saturated heterocycles. The van der Waals surface area contributed by atoms with Gasteiger partial charge in [-0.15, -0.1) is 0 Å². The molecule has 0 unspecified atom stereocenters. The van der Waals surface area contributed by atoms with E-state index in [1.54, 1.807) is 7.11 Å². The van der Waals surface area contributed by atoms with Crippen LogP contribution in [0.25, 0.3) is 0 Å². The van der Waals surface area contributed by atoms with Gasteiger partial charge in [0.2, 0.25) is 0 Å². The second-order valence-corrected chi connectivity index (χ2v) is 4.88. The number of nitrogens with two attached hydrogens (primary N) is 1. The number of nitrogen functional groups attached to an aromatic ring is 1. The Kier molecular flexibility index (Phi) is 4.44. The fourth-order valence-electron chi connectivity index (χ4n) is 2.36. The number of nitrogens with zero attached hydrogens (tertiary/aromatic N) is 2. The van der Waals surface area contributed by atoms with Crippen molar-refractivity contribution < 1.29 is 4.74 Å². The van der Waals surface area contributed by atoms with E-state index >= 15 is 0 Å². The largest absolute Gasteiger partial charge is 0.397 e. The summed E-state index contributed by atoms with van der Waals surface area (Å²) in [6, 6.07) is 6.25. The van der Waals surface area contributed by atoms with Gasteiger partial charge in [0, 0.05) is 39.8 Å². The number of piperazine rings is 1. The number of ether oxygens (including phenoxy) is 1. The molecule has 0 aromatic heterocycles. The molecule has 0 spiro atoms. The van der Waals surface area contributed by atoms with Crippen molar-refractivity contribution in [1.82, 2.24) is 4.90 Å². The van der Waals surface area contributed by atoms with Gasteiger partial charge in [0.15, 0.2) is 0 Å². The molecule has 2 rings (SSSR count). The summed E-state index contributed by atoms with van der Waals surface area (Å²) in [5.41, 5.74) is 9.39. The van der Waals surface area contributed by atoms with Crippen molar-refractivity contribution in [1.29, 1.82) is 0 Å². The number of methoxy groups -OCH3 is 1. The van der Waals surface area contributed by atoms with Crippen molar-refractivity contribution >= 4 is 11.4 Å². The maximum Gasteiger partial charge on any atom is 0.0603 e. The maximum atomic E-state index is 6.06. The van der Waals surface area contributed by atoms with Crippen molar-refractivity contribution in [3.8, 4) is 0 Å². The van der Waals surface area contributed by atoms with E-state index in [0.29, 0.717) is 0 Å². The van der Waals surface area contributed by atoms with E-state index in [2.05, 4.69) is 28.9 Å². The van der Waals surface area contributed by atoms with E-state index in [9.17, 15) is 0 Å². The van der Waals surface area contributed by atoms with E-state index in [0.717, 1.165) is 45.0 Å². The molecule has 4 nitrogen and oxygen atoms in total. The average Bonchev–Trinajstić information content (AvgIpc) is 2.40. The maximum absolute atomic E-state index is 6.06. The van der Waals surface area contributed by atoms with Crippen LogP contribution < -0.4 is 10.6 Å². The fraction of sp³-hybridized carbons (Fsp3) is 0.571. The topological polar surface area (TPSA) is 41.7 Å². The molecule has 0 aliphatic carbocycles. The Morgan fingerprint density at radius 1 is 1.22 bits per heavy atom. The van der Waals surface area contributed by atoms with Crippen molar-refractivity contribution in [2.75, 3.05) is 57.1 Å². The van der Waals surface area contributed by atoms with E-state index < -0.39 is 0 Å². The number of hydrogen-bond donors (Lipinski definition) is 1. The molecule has 1 aliphatic heterocycles. The van der Waals surface area contributed by atoms with Gasteiger partial charge >= 0.3 is 0 Å². The molecule has 1 heterocycles. The molecule has 1 aromatic rings. The highest BCUT2D eigenvalue weighted by atomic mass is 16.5. The van der Waals surface area contributed by atoms with Crippen LogP contribution >= 0.6 is 0 Å². The van der Waals surface area contributed by atoms with Gasteiger partial charge in [-0.2, -0.15) is 0 Å². The van der Waals surface area contributed by atoms with Crippen LogP contribution in [0.1, 0.15) is 5.56 Å². The lowest BCUT2D eigenvalue weighted by Crippen LogP contribution is -2.47. The fourth-order valence-corrected chi connectivity index (χ4v) is 2.36. The molecule has 1 aliphatic rings. The molecule has 0 amide bonds. The zero-order chi connectivity index (χ0) is 13.0. The summed E-state index contributed by atoms with van der Waals surface area (Å²) in [6.45, 7) is 8.18. The highest BCUT2D eigenvalue weighted by Gasteiger charge is 2.18. The molecular formula is C14H23N3O. The van der Waals surface area contributed by atoms with E-state index in [-0.39, 0.29) is 0 Å². The number of anilines is 2. The Bertz CT molecular complexity index is 387. The van der Waals surface area contributed by atoms with E-state index in [4.69, 9.17) is 10.5 Å². The molecule has 1 aromatic carbocycles. The third-order valence-corrected chi connectivity index (χ3v) is 3.51. The Balaban J connectivity index is 1.94. The number of aryl methyl sites for hydroxylation is 1. The third-order valence-electron chi connectivity index (χ3n) is 3.51. The van der Waals surface area contributed by atoms with Crippen LogP contribution in [0.5, 0.6) is 0 Å². The zero-order valence-corrected chi connectivity index (χ0v) is 11.4. The van der Waals surface area contributed by atoms with Gasteiger partial charge in [0.05, 0.1) is 18.0 Å². The van der Waals surface area contributed by atoms with Gasteiger partial charge in [0.25, 0.3) is 0 Å². The average molecular weight is 249 g/mol. The van der Waals surface area contributed by atoms with E-state index in [1.807, 2.05) is 6.07 Å². The summed E-state index contributed by atoms with van der Waals surface area (Å²) in [5.74, 6) is 0. The molecule has 18 heavy (non-hydrogen) atoms. The molecule has 0 saturated carbocycles. The predicted octanol–water partition coefficient (Wildman–Crippen LogP) is 1.35. The number of rotatable bonds is 4. The number of hydrogen-bond acceptors (Lipinski definition) is 4. The lowest BCUT2D eigenvalue weighted by molar-refractivity contribution is 0.144. The van der Waals surface area contributed by atoms with Crippen molar-refractivity contribution in [2.45, 2.75) is 6.92 Å². The van der Waals surface area contributed by atoms with E-state index in [1.165, 1.54) is 11.3 Å². The SMILES string of the molecule is COCCN1CCN(c2cc(C)ccc2N)CC1. The van der Waals surface area contributed by atoms with Crippen LogP contribution in [0, 0.1) is 6.92 Å². The third kappa shape index (κ3) is 3.15. The normalized spacial score (nSPS) is 17.1. The summed E-state index contributed by atoms with van der Waals surface area (Å²) in [4.78, 5) is 4.82. The lowest BCUT2D eigenvalue weighted by Gasteiger charge is -2.36. The Labute approximate surface area is 109 Å². The number of benzene rings is 1.